The van der Waals surface area contributed by atoms with Crippen LogP contribution in [0, 0.1) is 17.1 Å². The van der Waals surface area contributed by atoms with Crippen LogP contribution < -0.4 is 0 Å². The van der Waals surface area contributed by atoms with Crippen molar-refractivity contribution in [3.63, 3.8) is 0 Å². The standard InChI is InChI=1S/C20H11FN4O/c21-17-5-3-4-14(11-17)15-8-13(12-22)9-16(10-15)20-24-19(25-26-20)18-6-1-2-7-23-18/h1-11H. The largest absolute Gasteiger partial charge is 0.334 e. The van der Waals surface area contributed by atoms with Gasteiger partial charge in [0.15, 0.2) is 0 Å². The lowest BCUT2D eigenvalue weighted by Gasteiger charge is -2.05. The Morgan fingerprint density at radius 1 is 0.923 bits per heavy atom. The number of benzene rings is 2. The van der Waals surface area contributed by atoms with Crippen LogP contribution in [0.2, 0.25) is 0 Å². The van der Waals surface area contributed by atoms with Crippen LogP contribution >= 0.6 is 0 Å². The van der Waals surface area contributed by atoms with E-state index in [4.69, 9.17) is 4.52 Å². The Bertz CT molecular complexity index is 1120. The second-order valence-electron chi connectivity index (χ2n) is 5.56. The van der Waals surface area contributed by atoms with Gasteiger partial charge in [0.1, 0.15) is 11.5 Å². The van der Waals surface area contributed by atoms with Gasteiger partial charge in [0.05, 0.1) is 11.6 Å². The molecule has 4 rings (SSSR count). The Kier molecular flexibility index (Phi) is 3.96. The van der Waals surface area contributed by atoms with Crippen LogP contribution in [-0.2, 0) is 0 Å². The minimum atomic E-state index is -0.346. The summed E-state index contributed by atoms with van der Waals surface area (Å²) in [6.45, 7) is 0. The molecule has 6 heteroatoms. The van der Waals surface area contributed by atoms with Crippen molar-refractivity contribution in [1.82, 2.24) is 15.1 Å². The number of nitrogens with zero attached hydrogens (tertiary/aromatic N) is 4. The summed E-state index contributed by atoms with van der Waals surface area (Å²) in [6.07, 6.45) is 1.64. The number of hydrogen-bond donors (Lipinski definition) is 0. The predicted octanol–water partition coefficient (Wildman–Crippen LogP) is 4.48. The van der Waals surface area contributed by atoms with Crippen molar-refractivity contribution in [3.8, 4) is 40.2 Å². The van der Waals surface area contributed by atoms with E-state index >= 15 is 0 Å². The summed E-state index contributed by atoms with van der Waals surface area (Å²) in [5.41, 5.74) is 2.94. The van der Waals surface area contributed by atoms with Gasteiger partial charge in [-0.05, 0) is 53.6 Å². The van der Waals surface area contributed by atoms with Crippen molar-refractivity contribution in [2.45, 2.75) is 0 Å². The molecule has 0 aliphatic carbocycles. The van der Waals surface area contributed by atoms with Gasteiger partial charge >= 0.3 is 0 Å². The van der Waals surface area contributed by atoms with Crippen LogP contribution in [0.4, 0.5) is 4.39 Å². The highest BCUT2D eigenvalue weighted by Gasteiger charge is 2.14. The maximum absolute atomic E-state index is 13.5. The second kappa shape index (κ2) is 6.57. The van der Waals surface area contributed by atoms with Gasteiger partial charge in [-0.15, -0.1) is 0 Å². The zero-order valence-corrected chi connectivity index (χ0v) is 13.4. The first kappa shape index (κ1) is 15.7. The van der Waals surface area contributed by atoms with Crippen LogP contribution in [0.3, 0.4) is 0 Å². The molecule has 0 unspecified atom stereocenters. The summed E-state index contributed by atoms with van der Waals surface area (Å²) < 4.78 is 18.9. The lowest BCUT2D eigenvalue weighted by Crippen LogP contribution is -1.87. The van der Waals surface area contributed by atoms with Crippen LogP contribution in [0.5, 0.6) is 0 Å². The Labute approximate surface area is 148 Å². The van der Waals surface area contributed by atoms with E-state index in [0.29, 0.717) is 33.8 Å². The van der Waals surface area contributed by atoms with E-state index in [0.717, 1.165) is 0 Å². The maximum Gasteiger partial charge on any atom is 0.258 e. The van der Waals surface area contributed by atoms with Crippen molar-refractivity contribution < 1.29 is 8.91 Å². The molecule has 0 N–H and O–H groups in total. The number of hydrogen-bond acceptors (Lipinski definition) is 5. The summed E-state index contributed by atoms with van der Waals surface area (Å²) in [5.74, 6) is 0.275. The third-order valence-corrected chi connectivity index (χ3v) is 3.79. The monoisotopic (exact) mass is 342 g/mol. The molecular formula is C20H11FN4O. The van der Waals surface area contributed by atoms with Crippen LogP contribution in [0.15, 0.2) is 71.4 Å². The molecule has 0 spiro atoms. The highest BCUT2D eigenvalue weighted by molar-refractivity contribution is 5.72. The first-order chi connectivity index (χ1) is 12.7. The molecule has 0 amide bonds. The Morgan fingerprint density at radius 3 is 2.58 bits per heavy atom. The Hall–Kier alpha value is -3.85. The van der Waals surface area contributed by atoms with E-state index in [2.05, 4.69) is 21.2 Å². The summed E-state index contributed by atoms with van der Waals surface area (Å²) in [5, 5.41) is 13.3. The molecule has 2 heterocycles. The zero-order valence-electron chi connectivity index (χ0n) is 13.4. The molecule has 26 heavy (non-hydrogen) atoms. The first-order valence-corrected chi connectivity index (χ1v) is 7.79. The highest BCUT2D eigenvalue weighted by atomic mass is 19.1. The lowest BCUT2D eigenvalue weighted by molar-refractivity contribution is 0.432. The third-order valence-electron chi connectivity index (χ3n) is 3.79. The quantitative estimate of drug-likeness (QED) is 0.549. The van der Waals surface area contributed by atoms with Crippen LogP contribution in [-0.4, -0.2) is 15.1 Å². The van der Waals surface area contributed by atoms with Crippen molar-refractivity contribution in [2.75, 3.05) is 0 Å². The highest BCUT2D eigenvalue weighted by Crippen LogP contribution is 2.28. The van der Waals surface area contributed by atoms with Crippen molar-refractivity contribution in [3.05, 3.63) is 78.2 Å². The number of aromatic nitrogens is 3. The summed E-state index contributed by atoms with van der Waals surface area (Å²) in [4.78, 5) is 8.54. The van der Waals surface area contributed by atoms with E-state index in [-0.39, 0.29) is 11.7 Å². The zero-order chi connectivity index (χ0) is 17.9. The average Bonchev–Trinajstić information content (AvgIpc) is 3.18. The summed E-state index contributed by atoms with van der Waals surface area (Å²) in [7, 11) is 0. The minimum absolute atomic E-state index is 0.264. The van der Waals surface area contributed by atoms with Gasteiger partial charge in [-0.1, -0.05) is 23.4 Å². The topological polar surface area (TPSA) is 75.6 Å². The van der Waals surface area contributed by atoms with E-state index in [1.54, 1.807) is 48.7 Å². The Morgan fingerprint density at radius 2 is 1.81 bits per heavy atom. The van der Waals surface area contributed by atoms with Gasteiger partial charge in [-0.25, -0.2) is 4.39 Å². The SMILES string of the molecule is N#Cc1cc(-c2cccc(F)c2)cc(-c2nc(-c3ccccn3)no2)c1. The smallest absolute Gasteiger partial charge is 0.258 e. The molecule has 5 nitrogen and oxygen atoms in total. The van der Waals surface area contributed by atoms with E-state index in [1.807, 2.05) is 6.07 Å². The van der Waals surface area contributed by atoms with Crippen LogP contribution in [0.25, 0.3) is 34.1 Å². The Balaban J connectivity index is 1.79. The van der Waals surface area contributed by atoms with E-state index in [1.165, 1.54) is 12.1 Å². The molecule has 0 fully saturated rings. The lowest BCUT2D eigenvalue weighted by atomic mass is 10.00. The molecule has 0 atom stereocenters. The van der Waals surface area contributed by atoms with Gasteiger partial charge in [0.2, 0.25) is 5.82 Å². The second-order valence-corrected chi connectivity index (χ2v) is 5.56. The first-order valence-electron chi connectivity index (χ1n) is 7.79. The molecule has 124 valence electrons. The summed E-state index contributed by atoms with van der Waals surface area (Å²) >= 11 is 0. The number of rotatable bonds is 3. The van der Waals surface area contributed by atoms with E-state index in [9.17, 15) is 9.65 Å². The molecule has 0 saturated heterocycles. The fourth-order valence-electron chi connectivity index (χ4n) is 2.59. The molecule has 0 aliphatic heterocycles. The van der Waals surface area contributed by atoms with Gasteiger partial charge < -0.3 is 4.52 Å². The van der Waals surface area contributed by atoms with Crippen molar-refractivity contribution >= 4 is 0 Å². The third kappa shape index (κ3) is 3.06. The predicted molar refractivity (Wildman–Crippen MR) is 93.1 cm³/mol. The summed E-state index contributed by atoms with van der Waals surface area (Å²) in [6, 6.07) is 18.8. The molecule has 0 saturated carbocycles. The van der Waals surface area contributed by atoms with Crippen LogP contribution in [0.1, 0.15) is 5.56 Å². The fraction of sp³-hybridized carbons (Fsp3) is 0. The molecule has 0 radical (unpaired) electrons. The molecule has 2 aromatic heterocycles. The normalized spacial score (nSPS) is 10.5. The fourth-order valence-corrected chi connectivity index (χ4v) is 2.59. The molecule has 2 aromatic carbocycles. The van der Waals surface area contributed by atoms with E-state index < -0.39 is 0 Å². The van der Waals surface area contributed by atoms with Crippen molar-refractivity contribution in [1.29, 1.82) is 5.26 Å². The van der Waals surface area contributed by atoms with Gasteiger partial charge in [0.25, 0.3) is 5.89 Å². The average molecular weight is 342 g/mol. The van der Waals surface area contributed by atoms with Crippen molar-refractivity contribution in [2.24, 2.45) is 0 Å². The maximum atomic E-state index is 13.5. The minimum Gasteiger partial charge on any atom is -0.334 e. The van der Waals surface area contributed by atoms with Gasteiger partial charge in [-0.2, -0.15) is 10.2 Å². The number of pyridine rings is 1. The van der Waals surface area contributed by atoms with Gasteiger partial charge in [0, 0.05) is 11.8 Å². The molecule has 0 aliphatic rings. The van der Waals surface area contributed by atoms with Gasteiger partial charge in [-0.3, -0.25) is 4.98 Å². The number of nitriles is 1. The molecule has 0 bridgehead atoms. The molecular weight excluding hydrogens is 331 g/mol. The number of halogens is 1. The molecule has 4 aromatic rings.